The third-order valence-corrected chi connectivity index (χ3v) is 9.00. The van der Waals surface area contributed by atoms with Gasteiger partial charge in [0.25, 0.3) is 17.7 Å². The van der Waals surface area contributed by atoms with Gasteiger partial charge in [-0.25, -0.2) is 13.9 Å². The number of hydrogen-bond donors (Lipinski definition) is 3. The van der Waals surface area contributed by atoms with Crippen molar-refractivity contribution in [2.75, 3.05) is 18.5 Å². The number of ether oxygens (including phenoxy) is 1. The maximum absolute atomic E-state index is 14.4. The summed E-state index contributed by atoms with van der Waals surface area (Å²) in [7, 11) is 0. The van der Waals surface area contributed by atoms with Crippen molar-refractivity contribution < 1.29 is 23.5 Å². The minimum Gasteiger partial charge on any atom is -0.482 e. The number of nitrogens with zero attached hydrogens (tertiary/aromatic N) is 3. The first-order valence-electron chi connectivity index (χ1n) is 12.5. The average Bonchev–Trinajstić information content (AvgIpc) is 3.26. The third-order valence-electron chi connectivity index (χ3n) is 9.00. The summed E-state index contributed by atoms with van der Waals surface area (Å²) in [6.07, 6.45) is 3.43. The quantitative estimate of drug-likeness (QED) is 0.472. The lowest BCUT2D eigenvalue weighted by molar-refractivity contribution is -0.311. The zero-order valence-corrected chi connectivity index (χ0v) is 20.1. The largest absolute Gasteiger partial charge is 0.482 e. The molecule has 0 saturated heterocycles. The Labute approximate surface area is 211 Å². The molecule has 3 aliphatic carbocycles. The fraction of sp³-hybridized carbons (Fsp3) is 0.423. The van der Waals surface area contributed by atoms with Crippen LogP contribution in [-0.4, -0.2) is 45.5 Å². The van der Waals surface area contributed by atoms with Crippen molar-refractivity contribution in [1.29, 1.82) is 0 Å². The van der Waals surface area contributed by atoms with Crippen molar-refractivity contribution in [2.45, 2.75) is 26.3 Å². The number of nitrogens with one attached hydrogen (secondary N) is 3. The molecule has 3 N–H and O–H groups in total. The smallest absolute Gasteiger partial charge is 0.270 e. The topological polar surface area (TPSA) is 127 Å². The monoisotopic (exact) mass is 504 g/mol. The number of benzene rings is 1. The van der Waals surface area contributed by atoms with Gasteiger partial charge < -0.3 is 20.7 Å². The molecule has 3 heterocycles. The summed E-state index contributed by atoms with van der Waals surface area (Å²) in [5, 5.41) is 12.5. The Kier molecular flexibility index (Phi) is 4.64. The number of halogens is 1. The summed E-state index contributed by atoms with van der Waals surface area (Å²) in [4.78, 5) is 41.9. The van der Waals surface area contributed by atoms with Crippen LogP contribution in [0.15, 0.2) is 30.5 Å². The maximum atomic E-state index is 14.4. The van der Waals surface area contributed by atoms with Crippen molar-refractivity contribution >= 4 is 29.1 Å². The molecular formula is C26H25FN6O4. The molecule has 3 saturated carbocycles. The molecule has 2 aromatic heterocycles. The van der Waals surface area contributed by atoms with E-state index in [0.29, 0.717) is 29.8 Å². The highest BCUT2D eigenvalue weighted by Gasteiger charge is 2.75. The van der Waals surface area contributed by atoms with Crippen molar-refractivity contribution in [3.05, 3.63) is 53.2 Å². The van der Waals surface area contributed by atoms with Crippen LogP contribution < -0.4 is 20.7 Å². The molecular weight excluding hydrogens is 479 g/mol. The Bertz CT molecular complexity index is 1500. The first-order valence-corrected chi connectivity index (χ1v) is 12.5. The highest BCUT2D eigenvalue weighted by molar-refractivity contribution is 5.98. The molecule has 1 aliphatic heterocycles. The van der Waals surface area contributed by atoms with Crippen LogP contribution in [0.1, 0.15) is 46.3 Å². The van der Waals surface area contributed by atoms with Gasteiger partial charge in [0.15, 0.2) is 18.1 Å². The van der Waals surface area contributed by atoms with E-state index in [2.05, 4.69) is 33.0 Å². The average molecular weight is 505 g/mol. The normalized spacial score (nSPS) is 28.4. The number of carbonyl (C=O) groups excluding carboxylic acids is 3. The molecule has 190 valence electrons. The van der Waals surface area contributed by atoms with Crippen molar-refractivity contribution in [3.63, 3.8) is 0 Å². The van der Waals surface area contributed by atoms with E-state index >= 15 is 0 Å². The van der Waals surface area contributed by atoms with Gasteiger partial charge in [0.2, 0.25) is 0 Å². The number of fused-ring (bicyclic) bond motifs is 2. The SMILES string of the molecule is CC1C2CC3CC1(CNC(=O)c1cc(C(=O)NCc4ccc5c(c4)NC(=O)CO5)nc4c(F)cnn14)C32. The highest BCUT2D eigenvalue weighted by Crippen LogP contribution is 2.79. The molecule has 37 heavy (non-hydrogen) atoms. The highest BCUT2D eigenvalue weighted by atomic mass is 19.1. The molecule has 0 radical (unpaired) electrons. The van der Waals surface area contributed by atoms with Crippen LogP contribution in [0.3, 0.4) is 0 Å². The molecule has 5 unspecified atom stereocenters. The van der Waals surface area contributed by atoms with Gasteiger partial charge in [-0.2, -0.15) is 5.10 Å². The van der Waals surface area contributed by atoms with Gasteiger partial charge in [-0.15, -0.1) is 0 Å². The second-order valence-electron chi connectivity index (χ2n) is 10.7. The molecule has 3 fully saturated rings. The summed E-state index contributed by atoms with van der Waals surface area (Å²) in [5.41, 5.74) is 1.18. The minimum atomic E-state index is -0.723. The van der Waals surface area contributed by atoms with Crippen LogP contribution in [0.25, 0.3) is 5.65 Å². The molecule has 7 rings (SSSR count). The number of anilines is 1. The summed E-state index contributed by atoms with van der Waals surface area (Å²) >= 11 is 0. The van der Waals surface area contributed by atoms with E-state index in [9.17, 15) is 18.8 Å². The number of aromatic nitrogens is 3. The Morgan fingerprint density at radius 1 is 1.27 bits per heavy atom. The molecule has 0 bridgehead atoms. The Hall–Kier alpha value is -4.02. The van der Waals surface area contributed by atoms with Crippen molar-refractivity contribution in [2.24, 2.45) is 29.1 Å². The van der Waals surface area contributed by atoms with E-state index in [1.165, 1.54) is 12.5 Å². The van der Waals surface area contributed by atoms with Gasteiger partial charge in [-0.3, -0.25) is 14.4 Å². The lowest BCUT2D eigenvalue weighted by Gasteiger charge is -2.80. The number of amides is 3. The molecule has 3 amide bonds. The van der Waals surface area contributed by atoms with Crippen LogP contribution in [0, 0.1) is 34.9 Å². The minimum absolute atomic E-state index is 0.0417. The zero-order valence-electron chi connectivity index (χ0n) is 20.1. The Morgan fingerprint density at radius 2 is 2.14 bits per heavy atom. The van der Waals surface area contributed by atoms with Crippen molar-refractivity contribution in [3.8, 4) is 5.75 Å². The van der Waals surface area contributed by atoms with Gasteiger partial charge >= 0.3 is 0 Å². The maximum Gasteiger partial charge on any atom is 0.270 e. The predicted molar refractivity (Wildman–Crippen MR) is 128 cm³/mol. The van der Waals surface area contributed by atoms with E-state index in [1.807, 2.05) is 0 Å². The van der Waals surface area contributed by atoms with Gasteiger partial charge in [0.05, 0.1) is 11.9 Å². The van der Waals surface area contributed by atoms with Crippen LogP contribution >= 0.6 is 0 Å². The molecule has 11 heteroatoms. The van der Waals surface area contributed by atoms with Crippen LogP contribution in [0.2, 0.25) is 0 Å². The van der Waals surface area contributed by atoms with E-state index in [0.717, 1.165) is 34.5 Å². The first-order chi connectivity index (χ1) is 17.8. The number of rotatable bonds is 6. The van der Waals surface area contributed by atoms with Gasteiger partial charge in [-0.1, -0.05) is 13.0 Å². The van der Waals surface area contributed by atoms with E-state index in [4.69, 9.17) is 4.74 Å². The zero-order chi connectivity index (χ0) is 25.5. The van der Waals surface area contributed by atoms with Crippen LogP contribution in [0.4, 0.5) is 10.1 Å². The Morgan fingerprint density at radius 3 is 2.92 bits per heavy atom. The second-order valence-corrected chi connectivity index (χ2v) is 10.7. The lowest BCUT2D eigenvalue weighted by atomic mass is 9.25. The lowest BCUT2D eigenvalue weighted by Crippen LogP contribution is -2.76. The first kappa shape index (κ1) is 22.2. The van der Waals surface area contributed by atoms with E-state index < -0.39 is 17.6 Å². The van der Waals surface area contributed by atoms with Crippen molar-refractivity contribution in [1.82, 2.24) is 25.2 Å². The van der Waals surface area contributed by atoms with Crippen LogP contribution in [0.5, 0.6) is 5.75 Å². The molecule has 4 aliphatic rings. The number of hydrogen-bond acceptors (Lipinski definition) is 6. The fourth-order valence-corrected chi connectivity index (χ4v) is 7.09. The predicted octanol–water partition coefficient (Wildman–Crippen LogP) is 2.15. The van der Waals surface area contributed by atoms with E-state index in [1.54, 1.807) is 18.2 Å². The van der Waals surface area contributed by atoms with Gasteiger partial charge in [0, 0.05) is 19.2 Å². The van der Waals surface area contributed by atoms with Crippen LogP contribution in [-0.2, 0) is 11.3 Å². The molecule has 10 nitrogen and oxygen atoms in total. The summed E-state index contributed by atoms with van der Waals surface area (Å²) in [6, 6.07) is 6.52. The molecule has 0 spiro atoms. The number of carbonyl (C=O) groups is 3. The summed E-state index contributed by atoms with van der Waals surface area (Å²) < 4.78 is 20.9. The second kappa shape index (κ2) is 7.74. The van der Waals surface area contributed by atoms with Gasteiger partial charge in [-0.05, 0) is 59.6 Å². The summed E-state index contributed by atoms with van der Waals surface area (Å²) in [5.74, 6) is 1.49. The molecule has 3 aromatic rings. The molecule has 5 atom stereocenters. The van der Waals surface area contributed by atoms with Gasteiger partial charge in [0.1, 0.15) is 17.1 Å². The Balaban J connectivity index is 1.09. The standard InChI is InChI=1S/C26H25FN6O4/c1-12-15-5-14-7-26(12,22(14)15)11-29-25(36)19-6-18(32-23-16(27)9-30-33(19)23)24(35)28-8-13-2-3-20-17(4-13)31-21(34)10-37-20/h2-4,6,9,12,14-15,22H,5,7-8,10-11H2,1H3,(H,28,35)(H,29,36)(H,31,34). The summed E-state index contributed by atoms with van der Waals surface area (Å²) in [6.45, 7) is 2.92. The third kappa shape index (κ3) is 3.19. The fourth-order valence-electron chi connectivity index (χ4n) is 7.09. The molecule has 1 aromatic carbocycles. The van der Waals surface area contributed by atoms with E-state index in [-0.39, 0.29) is 41.5 Å².